The van der Waals surface area contributed by atoms with E-state index >= 15 is 0 Å². The molecule has 0 radical (unpaired) electrons. The Kier molecular flexibility index (Phi) is 2.61. The number of nitrogens with zero attached hydrogens (tertiary/aromatic N) is 1. The van der Waals surface area contributed by atoms with E-state index in [1.807, 2.05) is 5.32 Å². The van der Waals surface area contributed by atoms with Crippen LogP contribution in [0.3, 0.4) is 0 Å². The molecule has 0 fully saturated rings. The summed E-state index contributed by atoms with van der Waals surface area (Å²) in [5.41, 5.74) is 0. The van der Waals surface area contributed by atoms with Gasteiger partial charge in [0.25, 0.3) is 0 Å². The van der Waals surface area contributed by atoms with E-state index in [4.69, 9.17) is 4.74 Å². The molecule has 0 saturated heterocycles. The number of amides is 3. The number of carbonyl (C=O) groups excluding carboxylic acids is 3. The van der Waals surface area contributed by atoms with Crippen molar-refractivity contribution in [3.63, 3.8) is 0 Å². The monoisotopic (exact) mass is 200 g/mol. The molecule has 0 aromatic heterocycles. The van der Waals surface area contributed by atoms with Gasteiger partial charge in [-0.05, 0) is 0 Å². The standard InChI is InChI=1S/C7H8N2O5/c1-4(10)14-7(13-2)3-8-6(12)9-5(7)11/h3H,1-2H3,(H,9,11,12). The summed E-state index contributed by atoms with van der Waals surface area (Å²) in [5.74, 6) is -3.53. The second kappa shape index (κ2) is 3.54. The summed E-state index contributed by atoms with van der Waals surface area (Å²) in [7, 11) is 1.16. The highest BCUT2D eigenvalue weighted by molar-refractivity contribution is 6.14. The first-order valence-corrected chi connectivity index (χ1v) is 3.65. The van der Waals surface area contributed by atoms with Crippen molar-refractivity contribution in [2.24, 2.45) is 4.99 Å². The maximum absolute atomic E-state index is 11.3. The zero-order chi connectivity index (χ0) is 10.8. The Morgan fingerprint density at radius 3 is 2.64 bits per heavy atom. The van der Waals surface area contributed by atoms with Gasteiger partial charge < -0.3 is 9.47 Å². The molecule has 0 aromatic rings. The summed E-state index contributed by atoms with van der Waals surface area (Å²) in [6, 6.07) is -0.824. The number of imide groups is 1. The van der Waals surface area contributed by atoms with Gasteiger partial charge in [-0.1, -0.05) is 0 Å². The Bertz CT molecular complexity index is 324. The summed E-state index contributed by atoms with van der Waals surface area (Å²) in [4.78, 5) is 35.8. The predicted octanol–water partition coefficient (Wildman–Crippen LogP) is -0.787. The van der Waals surface area contributed by atoms with Crippen LogP contribution in [0, 0.1) is 0 Å². The number of rotatable bonds is 2. The number of esters is 1. The lowest BCUT2D eigenvalue weighted by Crippen LogP contribution is -2.56. The molecule has 0 aromatic carbocycles. The topological polar surface area (TPSA) is 94.1 Å². The van der Waals surface area contributed by atoms with Crippen LogP contribution in [-0.2, 0) is 19.1 Å². The van der Waals surface area contributed by atoms with Gasteiger partial charge in [0.2, 0.25) is 0 Å². The van der Waals surface area contributed by atoms with Crippen LogP contribution in [0.5, 0.6) is 0 Å². The van der Waals surface area contributed by atoms with Crippen LogP contribution in [0.2, 0.25) is 0 Å². The number of aliphatic imine (C=N–C) groups is 1. The molecular formula is C7H8N2O5. The number of urea groups is 1. The lowest BCUT2D eigenvalue weighted by Gasteiger charge is -2.27. The van der Waals surface area contributed by atoms with Crippen molar-refractivity contribution in [2.45, 2.75) is 12.7 Å². The van der Waals surface area contributed by atoms with Crippen LogP contribution >= 0.6 is 0 Å². The summed E-state index contributed by atoms with van der Waals surface area (Å²) in [6.45, 7) is 1.11. The number of hydrogen-bond donors (Lipinski definition) is 1. The van der Waals surface area contributed by atoms with Crippen LogP contribution < -0.4 is 5.32 Å². The molecular weight excluding hydrogens is 192 g/mol. The molecule has 7 nitrogen and oxygen atoms in total. The van der Waals surface area contributed by atoms with Crippen LogP contribution in [0.25, 0.3) is 0 Å². The summed E-state index contributed by atoms with van der Waals surface area (Å²) < 4.78 is 9.31. The maximum atomic E-state index is 11.3. The van der Waals surface area contributed by atoms with Gasteiger partial charge in [-0.2, -0.15) is 4.99 Å². The molecule has 3 amide bonds. The van der Waals surface area contributed by atoms with E-state index in [9.17, 15) is 14.4 Å². The highest BCUT2D eigenvalue weighted by Crippen LogP contribution is 2.13. The van der Waals surface area contributed by atoms with Crippen molar-refractivity contribution in [1.82, 2.24) is 5.32 Å². The van der Waals surface area contributed by atoms with Crippen LogP contribution in [0.4, 0.5) is 4.79 Å². The minimum absolute atomic E-state index is 0.720. The van der Waals surface area contributed by atoms with Gasteiger partial charge in [0.15, 0.2) is 0 Å². The Balaban J connectivity index is 2.98. The third-order valence-corrected chi connectivity index (χ3v) is 1.49. The number of carbonyl (C=O) groups is 3. The molecule has 0 spiro atoms. The number of methoxy groups -OCH3 is 1. The summed E-state index contributed by atoms with van der Waals surface area (Å²) >= 11 is 0. The van der Waals surface area contributed by atoms with Gasteiger partial charge in [0.05, 0.1) is 6.21 Å². The fraction of sp³-hybridized carbons (Fsp3) is 0.429. The summed E-state index contributed by atoms with van der Waals surface area (Å²) in [5, 5.41) is 1.85. The number of hydrogen-bond acceptors (Lipinski definition) is 5. The van der Waals surface area contributed by atoms with Crippen molar-refractivity contribution < 1.29 is 23.9 Å². The molecule has 1 heterocycles. The van der Waals surface area contributed by atoms with E-state index in [-0.39, 0.29) is 0 Å². The van der Waals surface area contributed by atoms with E-state index in [2.05, 4.69) is 9.73 Å². The van der Waals surface area contributed by atoms with Crippen molar-refractivity contribution in [3.8, 4) is 0 Å². The molecule has 7 heteroatoms. The van der Waals surface area contributed by atoms with Crippen molar-refractivity contribution in [1.29, 1.82) is 0 Å². The SMILES string of the molecule is COC1(OC(C)=O)C=NC(=O)NC1=O. The first-order chi connectivity index (χ1) is 6.50. The Labute approximate surface area is 79.1 Å². The molecule has 0 saturated carbocycles. The molecule has 14 heavy (non-hydrogen) atoms. The fourth-order valence-electron chi connectivity index (χ4n) is 0.892. The van der Waals surface area contributed by atoms with Gasteiger partial charge in [-0.25, -0.2) is 4.79 Å². The van der Waals surface area contributed by atoms with Crippen LogP contribution in [-0.4, -0.2) is 37.0 Å². The zero-order valence-corrected chi connectivity index (χ0v) is 7.57. The third kappa shape index (κ3) is 1.77. The molecule has 76 valence electrons. The fourth-order valence-corrected chi connectivity index (χ4v) is 0.892. The molecule has 0 aliphatic carbocycles. The Morgan fingerprint density at radius 2 is 2.21 bits per heavy atom. The average molecular weight is 200 g/mol. The predicted molar refractivity (Wildman–Crippen MR) is 43.5 cm³/mol. The molecule has 0 bridgehead atoms. The number of ether oxygens (including phenoxy) is 2. The van der Waals surface area contributed by atoms with Crippen molar-refractivity contribution in [2.75, 3.05) is 7.11 Å². The Hall–Kier alpha value is -1.76. The summed E-state index contributed by atoms with van der Waals surface area (Å²) in [6.07, 6.45) is 0.843. The van der Waals surface area contributed by atoms with E-state index in [0.29, 0.717) is 0 Å². The van der Waals surface area contributed by atoms with Crippen molar-refractivity contribution >= 4 is 24.1 Å². The van der Waals surface area contributed by atoms with E-state index in [0.717, 1.165) is 20.2 Å². The lowest BCUT2D eigenvalue weighted by atomic mass is 10.2. The smallest absolute Gasteiger partial charge is 0.347 e. The first-order valence-electron chi connectivity index (χ1n) is 3.65. The lowest BCUT2D eigenvalue weighted by molar-refractivity contribution is -0.195. The van der Waals surface area contributed by atoms with E-state index < -0.39 is 23.7 Å². The highest BCUT2D eigenvalue weighted by atomic mass is 16.7. The van der Waals surface area contributed by atoms with Crippen LogP contribution in [0.15, 0.2) is 4.99 Å². The van der Waals surface area contributed by atoms with E-state index in [1.165, 1.54) is 0 Å². The van der Waals surface area contributed by atoms with Gasteiger partial charge in [0, 0.05) is 14.0 Å². The molecule has 1 rings (SSSR count). The van der Waals surface area contributed by atoms with E-state index in [1.54, 1.807) is 0 Å². The van der Waals surface area contributed by atoms with Gasteiger partial charge in [-0.15, -0.1) is 0 Å². The molecule has 1 N–H and O–H groups in total. The molecule has 1 atom stereocenters. The first kappa shape index (κ1) is 10.3. The van der Waals surface area contributed by atoms with Gasteiger partial charge >= 0.3 is 23.7 Å². The quantitative estimate of drug-likeness (QED) is 0.465. The second-order valence-electron chi connectivity index (χ2n) is 2.48. The molecule has 1 aliphatic heterocycles. The normalized spacial score (nSPS) is 25.9. The molecule has 1 aliphatic rings. The van der Waals surface area contributed by atoms with Crippen LogP contribution in [0.1, 0.15) is 6.92 Å². The van der Waals surface area contributed by atoms with Gasteiger partial charge in [0.1, 0.15) is 0 Å². The Morgan fingerprint density at radius 1 is 1.57 bits per heavy atom. The minimum Gasteiger partial charge on any atom is -0.418 e. The number of nitrogens with one attached hydrogen (secondary N) is 1. The average Bonchev–Trinajstić information content (AvgIpc) is 2.10. The third-order valence-electron chi connectivity index (χ3n) is 1.49. The van der Waals surface area contributed by atoms with Crippen molar-refractivity contribution in [3.05, 3.63) is 0 Å². The second-order valence-corrected chi connectivity index (χ2v) is 2.48. The largest absolute Gasteiger partial charge is 0.418 e. The van der Waals surface area contributed by atoms with Gasteiger partial charge in [-0.3, -0.25) is 14.9 Å². The highest BCUT2D eigenvalue weighted by Gasteiger charge is 2.44. The zero-order valence-electron chi connectivity index (χ0n) is 7.57. The molecule has 1 unspecified atom stereocenters. The minimum atomic E-state index is -1.93. The maximum Gasteiger partial charge on any atom is 0.347 e.